The molecule has 1 aromatic carbocycles. The molecule has 5 nitrogen and oxygen atoms in total. The molecule has 0 aliphatic heterocycles. The number of hydrogen-bond acceptors (Lipinski definition) is 5. The molecular formula is C18H20N2O3. The molecule has 120 valence electrons. The molecule has 0 amide bonds. The number of allylic oxidation sites excluding steroid dienone is 4. The molecule has 23 heavy (non-hydrogen) atoms. The molecule has 0 aromatic heterocycles. The third kappa shape index (κ3) is 2.57. The fourth-order valence-corrected chi connectivity index (χ4v) is 3.17. The number of carbonyl (C=O) groups excluding carboxylic acids is 2. The summed E-state index contributed by atoms with van der Waals surface area (Å²) in [5.74, 6) is -0.199. The Labute approximate surface area is 135 Å². The fraction of sp³-hybridized carbons (Fsp3) is 0.333. The highest BCUT2D eigenvalue weighted by atomic mass is 16.3. The van der Waals surface area contributed by atoms with Crippen molar-refractivity contribution in [1.82, 2.24) is 5.32 Å². The monoisotopic (exact) mass is 312 g/mol. The molecule has 0 spiro atoms. The third-order valence-corrected chi connectivity index (χ3v) is 4.27. The number of nitrogens with one attached hydrogen (secondary N) is 2. The van der Waals surface area contributed by atoms with E-state index >= 15 is 0 Å². The highest BCUT2D eigenvalue weighted by Gasteiger charge is 2.37. The first kappa shape index (κ1) is 15.5. The van der Waals surface area contributed by atoms with Crippen LogP contribution in [-0.4, -0.2) is 36.9 Å². The van der Waals surface area contributed by atoms with E-state index in [1.165, 1.54) is 0 Å². The Morgan fingerprint density at radius 3 is 2.78 bits per heavy atom. The lowest BCUT2D eigenvalue weighted by Crippen LogP contribution is -2.29. The van der Waals surface area contributed by atoms with Crippen LogP contribution >= 0.6 is 0 Å². The van der Waals surface area contributed by atoms with Gasteiger partial charge < -0.3 is 15.7 Å². The van der Waals surface area contributed by atoms with Crippen LogP contribution in [0.2, 0.25) is 0 Å². The van der Waals surface area contributed by atoms with Gasteiger partial charge in [0.1, 0.15) is 0 Å². The third-order valence-electron chi connectivity index (χ3n) is 4.27. The molecule has 0 heterocycles. The van der Waals surface area contributed by atoms with Gasteiger partial charge in [0.05, 0.1) is 11.1 Å². The highest BCUT2D eigenvalue weighted by Crippen LogP contribution is 2.37. The number of aliphatic hydroxyl groups excluding tert-OH is 1. The molecule has 0 unspecified atom stereocenters. The van der Waals surface area contributed by atoms with Gasteiger partial charge in [0, 0.05) is 42.7 Å². The number of fused-ring (bicyclic) bond motifs is 2. The van der Waals surface area contributed by atoms with Crippen molar-refractivity contribution in [2.45, 2.75) is 19.3 Å². The van der Waals surface area contributed by atoms with Gasteiger partial charge in [-0.3, -0.25) is 9.59 Å². The van der Waals surface area contributed by atoms with Crippen molar-refractivity contribution in [3.05, 3.63) is 52.2 Å². The second kappa shape index (κ2) is 6.38. The van der Waals surface area contributed by atoms with Crippen LogP contribution in [0.1, 0.15) is 40.0 Å². The second-order valence-electron chi connectivity index (χ2n) is 5.65. The Morgan fingerprint density at radius 2 is 2.04 bits per heavy atom. The van der Waals surface area contributed by atoms with E-state index in [1.807, 2.05) is 6.08 Å². The number of rotatable bonds is 5. The molecular weight excluding hydrogens is 292 g/mol. The number of Topliss-reactive ketones (excluding diaryl/α,β-unsaturated/α-hetero) is 2. The van der Waals surface area contributed by atoms with Gasteiger partial charge >= 0.3 is 0 Å². The number of hydrogen-bond donors (Lipinski definition) is 3. The molecule has 3 rings (SSSR count). The zero-order chi connectivity index (χ0) is 16.4. The molecule has 5 heteroatoms. The van der Waals surface area contributed by atoms with E-state index in [0.717, 1.165) is 18.5 Å². The van der Waals surface area contributed by atoms with E-state index in [0.29, 0.717) is 40.9 Å². The molecule has 0 fully saturated rings. The van der Waals surface area contributed by atoms with Crippen LogP contribution in [0.25, 0.3) is 0 Å². The summed E-state index contributed by atoms with van der Waals surface area (Å²) >= 11 is 0. The number of aliphatic hydroxyl groups is 1. The molecule has 0 radical (unpaired) electrons. The molecule has 0 bridgehead atoms. The van der Waals surface area contributed by atoms with Crippen molar-refractivity contribution in [1.29, 1.82) is 0 Å². The minimum atomic E-state index is -0.109. The van der Waals surface area contributed by atoms with E-state index in [9.17, 15) is 9.59 Å². The van der Waals surface area contributed by atoms with Crippen LogP contribution in [0.4, 0.5) is 5.69 Å². The van der Waals surface area contributed by atoms with Crippen LogP contribution in [0.15, 0.2) is 41.1 Å². The lowest BCUT2D eigenvalue weighted by Gasteiger charge is -2.27. The Hall–Kier alpha value is -2.40. The number of carbonyl (C=O) groups is 2. The molecule has 1 aromatic rings. The molecule has 0 saturated heterocycles. The quantitative estimate of drug-likeness (QED) is 0.725. The first-order valence-electron chi connectivity index (χ1n) is 7.87. The van der Waals surface area contributed by atoms with E-state index in [4.69, 9.17) is 5.11 Å². The minimum absolute atomic E-state index is 0.0802. The predicted octanol–water partition coefficient (Wildman–Crippen LogP) is 2.05. The van der Waals surface area contributed by atoms with Crippen LogP contribution < -0.4 is 10.6 Å². The summed E-state index contributed by atoms with van der Waals surface area (Å²) in [6, 6.07) is 5.29. The van der Waals surface area contributed by atoms with Crippen LogP contribution in [-0.2, 0) is 0 Å². The van der Waals surface area contributed by atoms with Gasteiger partial charge in [-0.05, 0) is 25.3 Å². The maximum atomic E-state index is 13.0. The Kier molecular flexibility index (Phi) is 4.30. The molecule has 0 atom stereocenters. The van der Waals surface area contributed by atoms with E-state index < -0.39 is 0 Å². The van der Waals surface area contributed by atoms with Gasteiger partial charge in [-0.25, -0.2) is 0 Å². The second-order valence-corrected chi connectivity index (χ2v) is 5.65. The molecule has 2 aliphatic carbocycles. The van der Waals surface area contributed by atoms with Crippen molar-refractivity contribution in [3.63, 3.8) is 0 Å². The lowest BCUT2D eigenvalue weighted by atomic mass is 9.77. The van der Waals surface area contributed by atoms with Crippen molar-refractivity contribution < 1.29 is 14.7 Å². The van der Waals surface area contributed by atoms with Crippen LogP contribution in [0.5, 0.6) is 0 Å². The number of benzene rings is 1. The highest BCUT2D eigenvalue weighted by molar-refractivity contribution is 6.33. The molecule has 3 N–H and O–H groups in total. The topological polar surface area (TPSA) is 78.4 Å². The zero-order valence-corrected chi connectivity index (χ0v) is 13.1. The van der Waals surface area contributed by atoms with Crippen LogP contribution in [0, 0.1) is 0 Å². The van der Waals surface area contributed by atoms with Crippen LogP contribution in [0.3, 0.4) is 0 Å². The largest absolute Gasteiger partial charge is 0.396 e. The normalized spacial score (nSPS) is 16.7. The van der Waals surface area contributed by atoms with Gasteiger partial charge in [0.25, 0.3) is 0 Å². The fourth-order valence-electron chi connectivity index (χ4n) is 3.17. The summed E-state index contributed by atoms with van der Waals surface area (Å²) in [5, 5.41) is 15.1. The Morgan fingerprint density at radius 1 is 1.22 bits per heavy atom. The molecule has 2 aliphatic rings. The standard InChI is InChI=1S/C18H20N2O3/c1-19-13-7-2-5-11-15(13)18(23)16-12(17(11)22)6-3-8-14(16)20-9-4-10-21/h3,5-6,8,19-21H,2,4,7,9-10H2,1H3. The minimum Gasteiger partial charge on any atom is -0.396 e. The Bertz CT molecular complexity index is 732. The predicted molar refractivity (Wildman–Crippen MR) is 88.7 cm³/mol. The van der Waals surface area contributed by atoms with Crippen molar-refractivity contribution in [2.24, 2.45) is 0 Å². The van der Waals surface area contributed by atoms with Gasteiger partial charge in [-0.1, -0.05) is 18.2 Å². The maximum Gasteiger partial charge on any atom is 0.198 e. The smallest absolute Gasteiger partial charge is 0.198 e. The summed E-state index contributed by atoms with van der Waals surface area (Å²) in [5.41, 5.74) is 3.41. The maximum absolute atomic E-state index is 13.0. The first-order valence-corrected chi connectivity index (χ1v) is 7.87. The molecule has 0 saturated carbocycles. The van der Waals surface area contributed by atoms with Gasteiger partial charge in [-0.2, -0.15) is 0 Å². The Balaban J connectivity index is 2.11. The number of ketones is 2. The van der Waals surface area contributed by atoms with Crippen molar-refractivity contribution in [2.75, 3.05) is 25.5 Å². The first-order chi connectivity index (χ1) is 11.2. The van der Waals surface area contributed by atoms with Gasteiger partial charge in [0.15, 0.2) is 11.6 Å². The summed E-state index contributed by atoms with van der Waals surface area (Å²) in [6.45, 7) is 0.631. The van der Waals surface area contributed by atoms with E-state index in [1.54, 1.807) is 25.2 Å². The van der Waals surface area contributed by atoms with E-state index in [-0.39, 0.29) is 18.2 Å². The van der Waals surface area contributed by atoms with E-state index in [2.05, 4.69) is 10.6 Å². The zero-order valence-electron chi connectivity index (χ0n) is 13.1. The average Bonchev–Trinajstić information content (AvgIpc) is 2.59. The van der Waals surface area contributed by atoms with Crippen molar-refractivity contribution >= 4 is 17.3 Å². The summed E-state index contributed by atoms with van der Waals surface area (Å²) < 4.78 is 0. The number of anilines is 1. The SMILES string of the molecule is CNC1=C2C(=O)c3c(NCCCO)cccc3C(=O)C2=CCC1. The summed E-state index contributed by atoms with van der Waals surface area (Å²) in [7, 11) is 1.78. The van der Waals surface area contributed by atoms with Crippen molar-refractivity contribution in [3.8, 4) is 0 Å². The summed E-state index contributed by atoms with van der Waals surface area (Å²) in [6.07, 6.45) is 3.95. The van der Waals surface area contributed by atoms with Gasteiger partial charge in [-0.15, -0.1) is 0 Å². The van der Waals surface area contributed by atoms with Gasteiger partial charge in [0.2, 0.25) is 0 Å². The summed E-state index contributed by atoms with van der Waals surface area (Å²) in [4.78, 5) is 25.8. The lowest BCUT2D eigenvalue weighted by molar-refractivity contribution is 0.0970. The average molecular weight is 312 g/mol.